The highest BCUT2D eigenvalue weighted by atomic mass is 32.1. The molecule has 1 aromatic heterocycles. The van der Waals surface area contributed by atoms with Gasteiger partial charge in [0, 0.05) is 9.75 Å². The van der Waals surface area contributed by atoms with Crippen LogP contribution in [-0.4, -0.2) is 11.9 Å². The van der Waals surface area contributed by atoms with Crippen molar-refractivity contribution in [1.82, 2.24) is 0 Å². The Labute approximate surface area is 86.3 Å². The molecule has 1 rings (SSSR count). The monoisotopic (exact) mass is 211 g/mol. The minimum absolute atomic E-state index is 0.0754. The van der Waals surface area contributed by atoms with Gasteiger partial charge in [-0.15, -0.1) is 11.3 Å². The Morgan fingerprint density at radius 2 is 2.07 bits per heavy atom. The standard InChI is InChI=1S/C8H13N5S/c1-5-2-3-6(14-5)4-12-8(11)13-7(9)10/h2-3H,4H2,1H3,(H6,9,10,11,12,13). The largest absolute Gasteiger partial charge is 0.370 e. The van der Waals surface area contributed by atoms with Gasteiger partial charge in [0.1, 0.15) is 0 Å². The predicted molar refractivity (Wildman–Crippen MR) is 60.2 cm³/mol. The van der Waals surface area contributed by atoms with Crippen molar-refractivity contribution in [2.24, 2.45) is 27.2 Å². The Morgan fingerprint density at radius 1 is 1.36 bits per heavy atom. The smallest absolute Gasteiger partial charge is 0.218 e. The second-order valence-electron chi connectivity index (χ2n) is 2.72. The fourth-order valence-corrected chi connectivity index (χ4v) is 1.71. The molecule has 0 spiro atoms. The first-order valence-corrected chi connectivity index (χ1v) is 4.84. The van der Waals surface area contributed by atoms with Crippen LogP contribution in [0.3, 0.4) is 0 Å². The second kappa shape index (κ2) is 4.61. The molecule has 0 aliphatic carbocycles. The van der Waals surface area contributed by atoms with Gasteiger partial charge < -0.3 is 17.2 Å². The fraction of sp³-hybridized carbons (Fsp3) is 0.250. The molecule has 0 aliphatic rings. The minimum atomic E-state index is -0.0754. The summed E-state index contributed by atoms with van der Waals surface area (Å²) in [6.45, 7) is 2.55. The lowest BCUT2D eigenvalue weighted by atomic mass is 10.4. The van der Waals surface area contributed by atoms with Crippen LogP contribution >= 0.6 is 11.3 Å². The van der Waals surface area contributed by atoms with Gasteiger partial charge in [0.25, 0.3) is 0 Å². The van der Waals surface area contributed by atoms with E-state index in [2.05, 4.69) is 9.98 Å². The maximum absolute atomic E-state index is 5.44. The molecule has 0 saturated carbocycles. The van der Waals surface area contributed by atoms with Crippen LogP contribution in [0.1, 0.15) is 9.75 Å². The van der Waals surface area contributed by atoms with E-state index in [0.717, 1.165) is 4.88 Å². The summed E-state index contributed by atoms with van der Waals surface area (Å²) in [7, 11) is 0. The lowest BCUT2D eigenvalue weighted by Crippen LogP contribution is -2.26. The van der Waals surface area contributed by atoms with Gasteiger partial charge in [-0.3, -0.25) is 0 Å². The van der Waals surface area contributed by atoms with Crippen molar-refractivity contribution < 1.29 is 0 Å². The third-order valence-electron chi connectivity index (χ3n) is 1.44. The predicted octanol–water partition coefficient (Wildman–Crippen LogP) is 0.145. The second-order valence-corrected chi connectivity index (χ2v) is 4.10. The van der Waals surface area contributed by atoms with Crippen LogP contribution < -0.4 is 17.2 Å². The Kier molecular flexibility index (Phi) is 3.47. The van der Waals surface area contributed by atoms with E-state index in [4.69, 9.17) is 17.2 Å². The van der Waals surface area contributed by atoms with Crippen molar-refractivity contribution in [3.8, 4) is 0 Å². The Balaban J connectivity index is 2.59. The molecule has 0 saturated heterocycles. The topological polar surface area (TPSA) is 103 Å². The molecule has 6 N–H and O–H groups in total. The van der Waals surface area contributed by atoms with Gasteiger partial charge in [0.15, 0.2) is 5.96 Å². The van der Waals surface area contributed by atoms with Gasteiger partial charge in [-0.1, -0.05) is 0 Å². The van der Waals surface area contributed by atoms with Crippen molar-refractivity contribution in [1.29, 1.82) is 0 Å². The molecule has 0 bridgehead atoms. The normalized spacial score (nSPS) is 11.4. The number of rotatable bonds is 2. The third-order valence-corrected chi connectivity index (χ3v) is 2.42. The van der Waals surface area contributed by atoms with Crippen molar-refractivity contribution in [3.05, 3.63) is 21.9 Å². The number of hydrogen-bond acceptors (Lipinski definition) is 2. The van der Waals surface area contributed by atoms with Gasteiger partial charge in [0.05, 0.1) is 6.54 Å². The fourth-order valence-electron chi connectivity index (χ4n) is 0.897. The maximum Gasteiger partial charge on any atom is 0.218 e. The van der Waals surface area contributed by atoms with Crippen LogP contribution in [0.5, 0.6) is 0 Å². The summed E-state index contributed by atoms with van der Waals surface area (Å²) in [5.41, 5.74) is 15.7. The van der Waals surface area contributed by atoms with Crippen LogP contribution in [0.15, 0.2) is 22.1 Å². The molecule has 0 aliphatic heterocycles. The molecule has 1 aromatic rings. The van der Waals surface area contributed by atoms with Gasteiger partial charge in [-0.05, 0) is 19.1 Å². The average Bonchev–Trinajstić information content (AvgIpc) is 2.47. The number of guanidine groups is 2. The molecular weight excluding hydrogens is 198 g/mol. The summed E-state index contributed by atoms with van der Waals surface area (Å²) in [5.74, 6) is 0.0321. The van der Waals surface area contributed by atoms with Gasteiger partial charge in [-0.2, -0.15) is 4.99 Å². The molecular formula is C8H13N5S. The number of nitrogens with two attached hydrogens (primary N) is 3. The average molecular weight is 211 g/mol. The molecule has 76 valence electrons. The van der Waals surface area contributed by atoms with E-state index in [-0.39, 0.29) is 11.9 Å². The molecule has 0 fully saturated rings. The summed E-state index contributed by atoms with van der Waals surface area (Å²) in [6, 6.07) is 4.04. The van der Waals surface area contributed by atoms with E-state index < -0.39 is 0 Å². The number of thiophene rings is 1. The van der Waals surface area contributed by atoms with Gasteiger partial charge >= 0.3 is 0 Å². The van der Waals surface area contributed by atoms with Crippen molar-refractivity contribution in [3.63, 3.8) is 0 Å². The zero-order chi connectivity index (χ0) is 10.6. The summed E-state index contributed by atoms with van der Waals surface area (Å²) in [6.07, 6.45) is 0. The van der Waals surface area contributed by atoms with Gasteiger partial charge in [-0.25, -0.2) is 4.99 Å². The lowest BCUT2D eigenvalue weighted by molar-refractivity contribution is 1.08. The highest BCUT2D eigenvalue weighted by molar-refractivity contribution is 7.11. The molecule has 6 heteroatoms. The molecule has 0 amide bonds. The maximum atomic E-state index is 5.44. The van der Waals surface area contributed by atoms with Crippen LogP contribution in [0.25, 0.3) is 0 Å². The van der Waals surface area contributed by atoms with Crippen LogP contribution in [-0.2, 0) is 6.54 Å². The first-order valence-electron chi connectivity index (χ1n) is 4.03. The van der Waals surface area contributed by atoms with E-state index >= 15 is 0 Å². The zero-order valence-electron chi connectivity index (χ0n) is 7.90. The van der Waals surface area contributed by atoms with Crippen LogP contribution in [0.2, 0.25) is 0 Å². The first kappa shape index (κ1) is 10.5. The van der Waals surface area contributed by atoms with Crippen molar-refractivity contribution in [2.45, 2.75) is 13.5 Å². The van der Waals surface area contributed by atoms with Gasteiger partial charge in [0.2, 0.25) is 5.96 Å². The Hall–Kier alpha value is -1.56. The first-order chi connectivity index (χ1) is 6.58. The van der Waals surface area contributed by atoms with E-state index in [1.54, 1.807) is 11.3 Å². The van der Waals surface area contributed by atoms with E-state index in [1.807, 2.05) is 19.1 Å². The molecule has 5 nitrogen and oxygen atoms in total. The molecule has 0 aromatic carbocycles. The van der Waals surface area contributed by atoms with E-state index in [9.17, 15) is 0 Å². The molecule has 0 atom stereocenters. The molecule has 0 unspecified atom stereocenters. The molecule has 0 radical (unpaired) electrons. The lowest BCUT2D eigenvalue weighted by Gasteiger charge is -1.93. The molecule has 14 heavy (non-hydrogen) atoms. The summed E-state index contributed by atoms with van der Waals surface area (Å²) < 4.78 is 0. The molecule has 1 heterocycles. The number of aryl methyl sites for hydroxylation is 1. The minimum Gasteiger partial charge on any atom is -0.370 e. The highest BCUT2D eigenvalue weighted by Gasteiger charge is 1.95. The Bertz CT molecular complexity index is 362. The Morgan fingerprint density at radius 3 is 2.57 bits per heavy atom. The SMILES string of the molecule is Cc1ccc(CN=C(N)N=C(N)N)s1. The van der Waals surface area contributed by atoms with Crippen LogP contribution in [0.4, 0.5) is 0 Å². The number of hydrogen-bond donors (Lipinski definition) is 3. The third kappa shape index (κ3) is 3.44. The quantitative estimate of drug-likeness (QED) is 0.479. The number of aliphatic imine (C=N–C) groups is 2. The van der Waals surface area contributed by atoms with Crippen molar-refractivity contribution in [2.75, 3.05) is 0 Å². The summed E-state index contributed by atoms with van der Waals surface area (Å²) in [5, 5.41) is 0. The van der Waals surface area contributed by atoms with Crippen LogP contribution in [0, 0.1) is 6.92 Å². The van der Waals surface area contributed by atoms with E-state index in [0.29, 0.717) is 6.54 Å². The summed E-state index contributed by atoms with van der Waals surface area (Å²) >= 11 is 1.67. The van der Waals surface area contributed by atoms with Crippen molar-refractivity contribution >= 4 is 23.3 Å². The number of nitrogens with zero attached hydrogens (tertiary/aromatic N) is 2. The zero-order valence-corrected chi connectivity index (χ0v) is 8.71. The summed E-state index contributed by atoms with van der Waals surface area (Å²) in [4.78, 5) is 9.99. The highest BCUT2D eigenvalue weighted by Crippen LogP contribution is 2.15. The van der Waals surface area contributed by atoms with E-state index in [1.165, 1.54) is 4.88 Å².